The van der Waals surface area contributed by atoms with Gasteiger partial charge in [-0.1, -0.05) is 24.3 Å². The first kappa shape index (κ1) is 17.8. The number of hydrogen-bond donors (Lipinski definition) is 0. The third kappa shape index (κ3) is 3.83. The average molecular weight is 340 g/mol. The molecule has 2 aromatic carbocycles. The summed E-state index contributed by atoms with van der Waals surface area (Å²) in [6, 6.07) is 15.7. The molecule has 0 atom stereocenters. The normalized spacial score (nSPS) is 18.2. The Bertz CT molecular complexity index is 726. The van der Waals surface area contributed by atoms with Crippen LogP contribution in [0.3, 0.4) is 0 Å². The Morgan fingerprint density at radius 1 is 0.880 bits per heavy atom. The Hall–Kier alpha value is -1.98. The van der Waals surface area contributed by atoms with Crippen LogP contribution in [0.25, 0.3) is 0 Å². The standard InChI is InChI=1S/C20H25BO4/c1-19(2)20(3,4)25-21(24-19)16-9-7-11-18(13-16)23-14-15-8-6-10-17(12-15)22-5/h6-13H,14H2,1-5H3. The molecule has 1 saturated heterocycles. The average Bonchev–Trinajstić information content (AvgIpc) is 2.81. The van der Waals surface area contributed by atoms with E-state index in [0.717, 1.165) is 22.5 Å². The zero-order chi connectivity index (χ0) is 18.1. The van der Waals surface area contributed by atoms with Crippen LogP contribution in [0.5, 0.6) is 11.5 Å². The fraction of sp³-hybridized carbons (Fsp3) is 0.400. The van der Waals surface area contributed by atoms with Gasteiger partial charge in [-0.3, -0.25) is 0 Å². The summed E-state index contributed by atoms with van der Waals surface area (Å²) in [5.74, 6) is 1.61. The van der Waals surface area contributed by atoms with Crippen LogP contribution < -0.4 is 14.9 Å². The maximum atomic E-state index is 6.10. The number of methoxy groups -OCH3 is 1. The van der Waals surface area contributed by atoms with Crippen molar-refractivity contribution >= 4 is 12.6 Å². The molecule has 1 aliphatic rings. The molecule has 0 aromatic heterocycles. The van der Waals surface area contributed by atoms with E-state index in [0.29, 0.717) is 6.61 Å². The van der Waals surface area contributed by atoms with Gasteiger partial charge in [-0.2, -0.15) is 0 Å². The van der Waals surface area contributed by atoms with E-state index in [9.17, 15) is 0 Å². The number of hydrogen-bond acceptors (Lipinski definition) is 4. The molecule has 0 bridgehead atoms. The van der Waals surface area contributed by atoms with Crippen molar-refractivity contribution in [2.75, 3.05) is 7.11 Å². The Morgan fingerprint density at radius 2 is 1.52 bits per heavy atom. The molecule has 1 aliphatic heterocycles. The van der Waals surface area contributed by atoms with E-state index in [1.807, 2.05) is 48.5 Å². The molecule has 0 spiro atoms. The van der Waals surface area contributed by atoms with Crippen LogP contribution in [0.15, 0.2) is 48.5 Å². The minimum atomic E-state index is -0.384. The Balaban J connectivity index is 1.70. The summed E-state index contributed by atoms with van der Waals surface area (Å²) in [6.07, 6.45) is 0. The lowest BCUT2D eigenvalue weighted by Gasteiger charge is -2.32. The van der Waals surface area contributed by atoms with Crippen molar-refractivity contribution in [2.45, 2.75) is 45.5 Å². The van der Waals surface area contributed by atoms with E-state index >= 15 is 0 Å². The molecule has 3 rings (SSSR count). The Kier molecular flexibility index (Phi) is 4.80. The second kappa shape index (κ2) is 6.73. The van der Waals surface area contributed by atoms with E-state index in [-0.39, 0.29) is 18.3 Å². The SMILES string of the molecule is COc1cccc(COc2cccc(B3OC(C)(C)C(C)(C)O3)c2)c1. The maximum Gasteiger partial charge on any atom is 0.494 e. The topological polar surface area (TPSA) is 36.9 Å². The molecule has 0 radical (unpaired) electrons. The van der Waals surface area contributed by atoms with Crippen LogP contribution in [0.4, 0.5) is 0 Å². The molecule has 1 fully saturated rings. The second-order valence-electron chi connectivity index (χ2n) is 7.30. The van der Waals surface area contributed by atoms with Crippen molar-refractivity contribution in [1.29, 1.82) is 0 Å². The molecule has 25 heavy (non-hydrogen) atoms. The highest BCUT2D eigenvalue weighted by Gasteiger charge is 2.51. The molecule has 0 N–H and O–H groups in total. The van der Waals surface area contributed by atoms with Gasteiger partial charge in [-0.05, 0) is 63.0 Å². The lowest BCUT2D eigenvalue weighted by atomic mass is 9.79. The lowest BCUT2D eigenvalue weighted by molar-refractivity contribution is 0.00578. The predicted molar refractivity (Wildman–Crippen MR) is 99.5 cm³/mol. The highest BCUT2D eigenvalue weighted by molar-refractivity contribution is 6.62. The van der Waals surface area contributed by atoms with Gasteiger partial charge in [0.05, 0.1) is 18.3 Å². The summed E-state index contributed by atoms with van der Waals surface area (Å²) in [5.41, 5.74) is 1.31. The fourth-order valence-electron chi connectivity index (χ4n) is 2.66. The zero-order valence-electron chi connectivity index (χ0n) is 15.5. The third-order valence-corrected chi connectivity index (χ3v) is 4.92. The highest BCUT2D eigenvalue weighted by atomic mass is 16.7. The van der Waals surface area contributed by atoms with Crippen molar-refractivity contribution in [1.82, 2.24) is 0 Å². The maximum absolute atomic E-state index is 6.10. The third-order valence-electron chi connectivity index (χ3n) is 4.92. The van der Waals surface area contributed by atoms with Gasteiger partial charge < -0.3 is 18.8 Å². The zero-order valence-corrected chi connectivity index (χ0v) is 15.5. The molecule has 0 unspecified atom stereocenters. The van der Waals surface area contributed by atoms with Gasteiger partial charge in [0.2, 0.25) is 0 Å². The first-order valence-corrected chi connectivity index (χ1v) is 8.52. The van der Waals surface area contributed by atoms with Gasteiger partial charge >= 0.3 is 7.12 Å². The molecular weight excluding hydrogens is 315 g/mol. The molecule has 0 aliphatic carbocycles. The Labute approximate surface area is 150 Å². The van der Waals surface area contributed by atoms with Gasteiger partial charge in [0.1, 0.15) is 18.1 Å². The summed E-state index contributed by atoms with van der Waals surface area (Å²) in [7, 11) is 1.28. The van der Waals surface area contributed by atoms with E-state index in [1.54, 1.807) is 7.11 Å². The first-order chi connectivity index (χ1) is 11.8. The van der Waals surface area contributed by atoms with Crippen LogP contribution in [0, 0.1) is 0 Å². The van der Waals surface area contributed by atoms with Crippen LogP contribution in [-0.2, 0) is 15.9 Å². The molecule has 5 heteroatoms. The number of benzene rings is 2. The molecule has 0 saturated carbocycles. The largest absolute Gasteiger partial charge is 0.497 e. The van der Waals surface area contributed by atoms with Crippen molar-refractivity contribution in [3.05, 3.63) is 54.1 Å². The molecule has 132 valence electrons. The summed E-state index contributed by atoms with van der Waals surface area (Å²) in [6.45, 7) is 8.68. The summed E-state index contributed by atoms with van der Waals surface area (Å²) in [4.78, 5) is 0. The van der Waals surface area contributed by atoms with Gasteiger partial charge in [0.15, 0.2) is 0 Å². The second-order valence-corrected chi connectivity index (χ2v) is 7.30. The van der Waals surface area contributed by atoms with Crippen LogP contribution >= 0.6 is 0 Å². The summed E-state index contributed by atoms with van der Waals surface area (Å²) < 4.78 is 23.4. The number of ether oxygens (including phenoxy) is 2. The predicted octanol–water partition coefficient (Wildman–Crippen LogP) is 3.57. The lowest BCUT2D eigenvalue weighted by Crippen LogP contribution is -2.41. The monoisotopic (exact) mass is 340 g/mol. The molecule has 4 nitrogen and oxygen atoms in total. The molecular formula is C20H25BO4. The van der Waals surface area contributed by atoms with Crippen molar-refractivity contribution in [3.63, 3.8) is 0 Å². The van der Waals surface area contributed by atoms with Crippen LogP contribution in [0.2, 0.25) is 0 Å². The van der Waals surface area contributed by atoms with Gasteiger partial charge in [0, 0.05) is 0 Å². The summed E-state index contributed by atoms with van der Waals surface area (Å²) >= 11 is 0. The van der Waals surface area contributed by atoms with Crippen molar-refractivity contribution in [3.8, 4) is 11.5 Å². The minimum Gasteiger partial charge on any atom is -0.497 e. The van der Waals surface area contributed by atoms with Gasteiger partial charge in [0.25, 0.3) is 0 Å². The molecule has 2 aromatic rings. The van der Waals surface area contributed by atoms with Gasteiger partial charge in [-0.25, -0.2) is 0 Å². The van der Waals surface area contributed by atoms with Crippen molar-refractivity contribution in [2.24, 2.45) is 0 Å². The number of rotatable bonds is 5. The van der Waals surface area contributed by atoms with E-state index in [2.05, 4.69) is 27.7 Å². The highest BCUT2D eigenvalue weighted by Crippen LogP contribution is 2.36. The minimum absolute atomic E-state index is 0.352. The van der Waals surface area contributed by atoms with Gasteiger partial charge in [-0.15, -0.1) is 0 Å². The quantitative estimate of drug-likeness (QED) is 0.780. The van der Waals surface area contributed by atoms with E-state index in [1.165, 1.54) is 0 Å². The van der Waals surface area contributed by atoms with Crippen LogP contribution in [-0.4, -0.2) is 25.4 Å². The smallest absolute Gasteiger partial charge is 0.494 e. The molecule has 1 heterocycles. The Morgan fingerprint density at radius 3 is 2.20 bits per heavy atom. The van der Waals surface area contributed by atoms with E-state index in [4.69, 9.17) is 18.8 Å². The fourth-order valence-corrected chi connectivity index (χ4v) is 2.66. The van der Waals surface area contributed by atoms with Crippen molar-refractivity contribution < 1.29 is 18.8 Å². The summed E-state index contributed by atoms with van der Waals surface area (Å²) in [5, 5.41) is 0. The molecule has 0 amide bonds. The van der Waals surface area contributed by atoms with E-state index < -0.39 is 0 Å². The van der Waals surface area contributed by atoms with Crippen LogP contribution in [0.1, 0.15) is 33.3 Å². The first-order valence-electron chi connectivity index (χ1n) is 8.52.